The number of rotatable bonds is 7. The van der Waals surface area contributed by atoms with Gasteiger partial charge in [-0.05, 0) is 81.6 Å². The van der Waals surface area contributed by atoms with Crippen LogP contribution in [0, 0.1) is 11.8 Å². The molecule has 32 heavy (non-hydrogen) atoms. The molecule has 0 bridgehead atoms. The minimum absolute atomic E-state index is 0.0667. The largest absolute Gasteiger partial charge is 0.377 e. The van der Waals surface area contributed by atoms with Crippen LogP contribution in [0.2, 0.25) is 0 Å². The number of ether oxygens (including phenoxy) is 1. The molecule has 7 nitrogen and oxygen atoms in total. The van der Waals surface area contributed by atoms with Gasteiger partial charge in [0.05, 0.1) is 11.0 Å². The maximum Gasteiger partial charge on any atom is 0.253 e. The zero-order chi connectivity index (χ0) is 22.6. The Balaban J connectivity index is 1.36. The van der Waals surface area contributed by atoms with E-state index in [0.29, 0.717) is 18.1 Å². The van der Waals surface area contributed by atoms with Crippen LogP contribution in [0.25, 0.3) is 0 Å². The fourth-order valence-corrected chi connectivity index (χ4v) is 6.19. The number of carbonyl (C=O) groups excluding carboxylic acids is 1. The third kappa shape index (κ3) is 6.10. The molecule has 2 unspecified atom stereocenters. The van der Waals surface area contributed by atoms with Crippen LogP contribution in [-0.4, -0.2) is 76.1 Å². The summed E-state index contributed by atoms with van der Waals surface area (Å²) in [7, 11) is -3.68. The van der Waals surface area contributed by atoms with E-state index in [-0.39, 0.29) is 23.5 Å². The standard InChI is InChI=1S/C24H37N3O4S/c1-19-9-12-26(13-10-19)17-20-5-3-11-27(18-20)24(28)21-6-2-8-23(15-21)32(29,30)25-16-22-7-4-14-31-22/h2,6,8,15,19-20,22,25H,3-5,7,9-14,16-18H2,1H3. The lowest BCUT2D eigenvalue weighted by atomic mass is 9.94. The van der Waals surface area contributed by atoms with Crippen LogP contribution in [-0.2, 0) is 14.8 Å². The Labute approximate surface area is 192 Å². The smallest absolute Gasteiger partial charge is 0.253 e. The first-order valence-electron chi connectivity index (χ1n) is 12.1. The van der Waals surface area contributed by atoms with Crippen molar-refractivity contribution in [1.29, 1.82) is 0 Å². The second-order valence-corrected chi connectivity index (χ2v) is 11.5. The molecule has 0 radical (unpaired) electrons. The van der Waals surface area contributed by atoms with Gasteiger partial charge < -0.3 is 14.5 Å². The van der Waals surface area contributed by atoms with Crippen molar-refractivity contribution in [2.75, 3.05) is 45.9 Å². The van der Waals surface area contributed by atoms with E-state index in [2.05, 4.69) is 16.5 Å². The Hall–Kier alpha value is -1.48. The van der Waals surface area contributed by atoms with Gasteiger partial charge in [0.1, 0.15) is 0 Å². The predicted molar refractivity (Wildman–Crippen MR) is 124 cm³/mol. The Morgan fingerprint density at radius 3 is 2.69 bits per heavy atom. The fourth-order valence-electron chi connectivity index (χ4n) is 5.08. The number of hydrogen-bond donors (Lipinski definition) is 1. The molecule has 3 aliphatic rings. The number of amides is 1. The fraction of sp³-hybridized carbons (Fsp3) is 0.708. The second-order valence-electron chi connectivity index (χ2n) is 9.76. The third-order valence-electron chi connectivity index (χ3n) is 7.12. The normalized spacial score (nSPS) is 25.8. The predicted octanol–water partition coefficient (Wildman–Crippen LogP) is 2.73. The molecule has 1 amide bonds. The van der Waals surface area contributed by atoms with Crippen LogP contribution >= 0.6 is 0 Å². The highest BCUT2D eigenvalue weighted by molar-refractivity contribution is 7.89. The van der Waals surface area contributed by atoms with Gasteiger partial charge in [-0.15, -0.1) is 0 Å². The second kappa shape index (κ2) is 10.6. The molecule has 0 saturated carbocycles. The molecule has 0 aromatic heterocycles. The molecule has 3 heterocycles. The summed E-state index contributed by atoms with van der Waals surface area (Å²) in [5.41, 5.74) is 0.442. The average molecular weight is 464 g/mol. The SMILES string of the molecule is CC1CCN(CC2CCCN(C(=O)c3cccc(S(=O)(=O)NCC4CCCO4)c3)C2)CC1. The van der Waals surface area contributed by atoms with E-state index >= 15 is 0 Å². The van der Waals surface area contributed by atoms with Crippen molar-refractivity contribution in [1.82, 2.24) is 14.5 Å². The van der Waals surface area contributed by atoms with Crippen LogP contribution in [0.3, 0.4) is 0 Å². The van der Waals surface area contributed by atoms with E-state index < -0.39 is 10.0 Å². The summed E-state index contributed by atoms with van der Waals surface area (Å²) in [6, 6.07) is 6.43. The number of nitrogens with zero attached hydrogens (tertiary/aromatic N) is 2. The van der Waals surface area contributed by atoms with Crippen molar-refractivity contribution in [3.8, 4) is 0 Å². The van der Waals surface area contributed by atoms with Gasteiger partial charge in [0.15, 0.2) is 0 Å². The summed E-state index contributed by atoms with van der Waals surface area (Å²) in [5.74, 6) is 1.23. The van der Waals surface area contributed by atoms with E-state index in [1.54, 1.807) is 18.2 Å². The van der Waals surface area contributed by atoms with Crippen LogP contribution in [0.1, 0.15) is 55.8 Å². The lowest BCUT2D eigenvalue weighted by Crippen LogP contribution is -2.45. The Morgan fingerprint density at radius 1 is 1.12 bits per heavy atom. The first kappa shape index (κ1) is 23.7. The number of nitrogens with one attached hydrogen (secondary N) is 1. The molecule has 1 N–H and O–H groups in total. The monoisotopic (exact) mass is 463 g/mol. The molecule has 1 aromatic carbocycles. The van der Waals surface area contributed by atoms with E-state index in [9.17, 15) is 13.2 Å². The van der Waals surface area contributed by atoms with E-state index in [1.807, 2.05) is 4.90 Å². The average Bonchev–Trinajstić information content (AvgIpc) is 3.33. The maximum atomic E-state index is 13.2. The zero-order valence-electron chi connectivity index (χ0n) is 19.2. The summed E-state index contributed by atoms with van der Waals surface area (Å²) >= 11 is 0. The van der Waals surface area contributed by atoms with Crippen LogP contribution in [0.4, 0.5) is 0 Å². The Morgan fingerprint density at radius 2 is 1.94 bits per heavy atom. The zero-order valence-corrected chi connectivity index (χ0v) is 20.0. The highest BCUT2D eigenvalue weighted by Gasteiger charge is 2.28. The van der Waals surface area contributed by atoms with Gasteiger partial charge in [-0.2, -0.15) is 0 Å². The minimum Gasteiger partial charge on any atom is -0.377 e. The van der Waals surface area contributed by atoms with Crippen molar-refractivity contribution in [3.05, 3.63) is 29.8 Å². The van der Waals surface area contributed by atoms with Gasteiger partial charge in [0.25, 0.3) is 5.91 Å². The molecule has 1 aromatic rings. The molecule has 178 valence electrons. The molecular weight excluding hydrogens is 426 g/mol. The van der Waals surface area contributed by atoms with Crippen LogP contribution in [0.15, 0.2) is 29.2 Å². The molecule has 0 spiro atoms. The first-order valence-corrected chi connectivity index (χ1v) is 13.6. The molecule has 3 saturated heterocycles. The third-order valence-corrected chi connectivity index (χ3v) is 8.54. The van der Waals surface area contributed by atoms with Crippen molar-refractivity contribution in [2.45, 2.75) is 56.4 Å². The molecule has 8 heteroatoms. The molecule has 3 aliphatic heterocycles. The van der Waals surface area contributed by atoms with E-state index in [4.69, 9.17) is 4.74 Å². The van der Waals surface area contributed by atoms with Crippen molar-refractivity contribution in [3.63, 3.8) is 0 Å². The van der Waals surface area contributed by atoms with Gasteiger partial charge in [0.2, 0.25) is 10.0 Å². The van der Waals surface area contributed by atoms with Crippen molar-refractivity contribution in [2.24, 2.45) is 11.8 Å². The number of piperidine rings is 2. The highest BCUT2D eigenvalue weighted by atomic mass is 32.2. The van der Waals surface area contributed by atoms with Crippen LogP contribution in [0.5, 0.6) is 0 Å². The van der Waals surface area contributed by atoms with Crippen molar-refractivity contribution >= 4 is 15.9 Å². The number of benzene rings is 1. The summed E-state index contributed by atoms with van der Waals surface area (Å²) in [5, 5.41) is 0. The first-order chi connectivity index (χ1) is 15.4. The number of sulfonamides is 1. The van der Waals surface area contributed by atoms with Gasteiger partial charge in [0, 0.05) is 38.3 Å². The highest BCUT2D eigenvalue weighted by Crippen LogP contribution is 2.23. The minimum atomic E-state index is -3.68. The number of likely N-dealkylation sites (tertiary alicyclic amines) is 2. The Kier molecular flexibility index (Phi) is 7.87. The van der Waals surface area contributed by atoms with E-state index in [0.717, 1.165) is 64.3 Å². The summed E-state index contributed by atoms with van der Waals surface area (Å²) in [6.07, 6.45) is 6.44. The number of carbonyl (C=O) groups is 1. The maximum absolute atomic E-state index is 13.2. The molecule has 4 rings (SSSR count). The van der Waals surface area contributed by atoms with E-state index in [1.165, 1.54) is 18.9 Å². The summed E-state index contributed by atoms with van der Waals surface area (Å²) < 4.78 is 33.6. The van der Waals surface area contributed by atoms with Crippen LogP contribution < -0.4 is 4.72 Å². The molecule has 3 fully saturated rings. The van der Waals surface area contributed by atoms with Gasteiger partial charge in [-0.3, -0.25) is 4.79 Å². The Bertz CT molecular complexity index is 877. The van der Waals surface area contributed by atoms with Gasteiger partial charge in [-0.1, -0.05) is 13.0 Å². The lowest BCUT2D eigenvalue weighted by molar-refractivity contribution is 0.0622. The molecule has 0 aliphatic carbocycles. The van der Waals surface area contributed by atoms with Gasteiger partial charge >= 0.3 is 0 Å². The molecular formula is C24H37N3O4S. The lowest BCUT2D eigenvalue weighted by Gasteiger charge is -2.38. The number of hydrogen-bond acceptors (Lipinski definition) is 5. The van der Waals surface area contributed by atoms with Crippen molar-refractivity contribution < 1.29 is 17.9 Å². The quantitative estimate of drug-likeness (QED) is 0.673. The summed E-state index contributed by atoms with van der Waals surface area (Å²) in [4.78, 5) is 17.8. The summed E-state index contributed by atoms with van der Waals surface area (Å²) in [6.45, 7) is 8.13. The topological polar surface area (TPSA) is 79.0 Å². The molecule has 2 atom stereocenters. The van der Waals surface area contributed by atoms with Gasteiger partial charge in [-0.25, -0.2) is 13.1 Å².